The Bertz CT molecular complexity index is 3330. The zero-order chi connectivity index (χ0) is 36.0. The van der Waals surface area contributed by atoms with Gasteiger partial charge >= 0.3 is 0 Å². The highest BCUT2D eigenvalue weighted by Crippen LogP contribution is 2.46. The zero-order valence-electron chi connectivity index (χ0n) is 29.2. The van der Waals surface area contributed by atoms with Crippen LogP contribution in [0.4, 0.5) is 17.1 Å². The fourth-order valence-electron chi connectivity index (χ4n) is 8.19. The Labute approximate surface area is 322 Å². The first kappa shape index (κ1) is 30.7. The molecule has 258 valence electrons. The average Bonchev–Trinajstić information content (AvgIpc) is 4.01. The summed E-state index contributed by atoms with van der Waals surface area (Å²) in [4.78, 5) is 7.51. The van der Waals surface area contributed by atoms with Crippen LogP contribution >= 0.6 is 22.7 Å². The molecule has 0 N–H and O–H groups in total. The van der Waals surface area contributed by atoms with Crippen molar-refractivity contribution in [2.45, 2.75) is 0 Å². The number of anilines is 3. The molecule has 0 bridgehead atoms. The van der Waals surface area contributed by atoms with Gasteiger partial charge in [-0.15, -0.1) is 22.7 Å². The van der Waals surface area contributed by atoms with E-state index in [1.807, 2.05) is 71.2 Å². The van der Waals surface area contributed by atoms with Crippen LogP contribution in [0, 0.1) is 0 Å². The van der Waals surface area contributed by atoms with Crippen molar-refractivity contribution in [3.8, 4) is 22.6 Å². The van der Waals surface area contributed by atoms with Gasteiger partial charge in [0.05, 0.1) is 0 Å². The Kier molecular flexibility index (Phi) is 6.64. The normalized spacial score (nSPS) is 12.0. The molecule has 6 heteroatoms. The number of rotatable bonds is 5. The molecular weight excluding hydrogens is 713 g/mol. The fourth-order valence-corrected chi connectivity index (χ4v) is 10.5. The van der Waals surface area contributed by atoms with E-state index in [0.29, 0.717) is 11.5 Å². The second-order valence-electron chi connectivity index (χ2n) is 13.9. The van der Waals surface area contributed by atoms with E-state index in [1.165, 1.54) is 40.3 Å². The van der Waals surface area contributed by atoms with Crippen LogP contribution in [0.3, 0.4) is 0 Å². The van der Waals surface area contributed by atoms with Crippen molar-refractivity contribution in [3.63, 3.8) is 0 Å². The van der Waals surface area contributed by atoms with Crippen LogP contribution in [-0.4, -0.2) is 4.98 Å². The van der Waals surface area contributed by atoms with Gasteiger partial charge in [-0.1, -0.05) is 97.1 Å². The molecular formula is C49H28N2O2S2. The number of benzene rings is 8. The van der Waals surface area contributed by atoms with Gasteiger partial charge in [0.1, 0.15) is 16.7 Å². The first-order chi connectivity index (χ1) is 27.2. The third kappa shape index (κ3) is 4.79. The molecule has 4 nitrogen and oxygen atoms in total. The number of hydrogen-bond acceptors (Lipinski definition) is 6. The van der Waals surface area contributed by atoms with E-state index in [1.54, 1.807) is 0 Å². The summed E-state index contributed by atoms with van der Waals surface area (Å²) >= 11 is 3.69. The number of nitrogens with zero attached hydrogens (tertiary/aromatic N) is 2. The molecule has 0 aliphatic heterocycles. The third-order valence-corrected chi connectivity index (χ3v) is 13.0. The number of para-hydroxylation sites is 1. The summed E-state index contributed by atoms with van der Waals surface area (Å²) in [5.41, 5.74) is 9.39. The summed E-state index contributed by atoms with van der Waals surface area (Å²) in [6.07, 6.45) is 0. The lowest BCUT2D eigenvalue weighted by molar-refractivity contribution is 0.617. The molecule has 0 radical (unpaired) electrons. The minimum Gasteiger partial charge on any atom is -0.456 e. The summed E-state index contributed by atoms with van der Waals surface area (Å²) in [6.45, 7) is 0. The van der Waals surface area contributed by atoms with Crippen molar-refractivity contribution in [1.29, 1.82) is 0 Å². The Morgan fingerprint density at radius 3 is 1.64 bits per heavy atom. The lowest BCUT2D eigenvalue weighted by Gasteiger charge is -2.26. The van der Waals surface area contributed by atoms with Crippen molar-refractivity contribution in [2.24, 2.45) is 0 Å². The maximum absolute atomic E-state index is 6.44. The van der Waals surface area contributed by atoms with Crippen LogP contribution in [0.5, 0.6) is 0 Å². The molecule has 12 rings (SSSR count). The Balaban J connectivity index is 1.06. The van der Waals surface area contributed by atoms with E-state index in [2.05, 4.69) is 126 Å². The second kappa shape index (κ2) is 11.9. The van der Waals surface area contributed by atoms with E-state index in [0.717, 1.165) is 61.2 Å². The summed E-state index contributed by atoms with van der Waals surface area (Å²) in [5, 5.41) is 7.25. The fraction of sp³-hybridized carbons (Fsp3) is 0. The largest absolute Gasteiger partial charge is 0.456 e. The van der Waals surface area contributed by atoms with E-state index in [-0.39, 0.29) is 0 Å². The molecule has 55 heavy (non-hydrogen) atoms. The Morgan fingerprint density at radius 1 is 0.400 bits per heavy atom. The van der Waals surface area contributed by atoms with Gasteiger partial charge in [-0.2, -0.15) is 0 Å². The highest BCUT2D eigenvalue weighted by atomic mass is 32.1. The molecule has 12 aromatic rings. The minimum atomic E-state index is 0.588. The summed E-state index contributed by atoms with van der Waals surface area (Å²) in [7, 11) is 0. The highest BCUT2D eigenvalue weighted by molar-refractivity contribution is 7.26. The molecule has 0 amide bonds. The summed E-state index contributed by atoms with van der Waals surface area (Å²) < 4.78 is 18.0. The molecule has 8 aromatic carbocycles. The molecule has 4 aromatic heterocycles. The third-order valence-electron chi connectivity index (χ3n) is 10.7. The number of aromatic nitrogens is 1. The van der Waals surface area contributed by atoms with Gasteiger partial charge in [-0.05, 0) is 72.3 Å². The first-order valence-corrected chi connectivity index (χ1v) is 19.9. The molecule has 0 aliphatic carbocycles. The SMILES string of the molecule is c1ccc(-c2nc3c(-c4ccc(N(c5ccc6c(c5)sc5ccccc56)c5ccc6c(c5)sc5ccccc56)cc4)c4c(cc3o2)oc2ccccc24)cc1. The lowest BCUT2D eigenvalue weighted by atomic mass is 9.97. The van der Waals surface area contributed by atoms with Crippen LogP contribution in [0.25, 0.3) is 96.0 Å². The Morgan fingerprint density at radius 2 is 0.964 bits per heavy atom. The van der Waals surface area contributed by atoms with Crippen molar-refractivity contribution in [1.82, 2.24) is 4.98 Å². The number of thiophene rings is 2. The van der Waals surface area contributed by atoms with Gasteiger partial charge in [-0.3, -0.25) is 0 Å². The van der Waals surface area contributed by atoms with Gasteiger partial charge in [0.2, 0.25) is 5.89 Å². The van der Waals surface area contributed by atoms with Crippen molar-refractivity contribution in [2.75, 3.05) is 4.90 Å². The molecule has 0 atom stereocenters. The lowest BCUT2D eigenvalue weighted by Crippen LogP contribution is -2.09. The maximum Gasteiger partial charge on any atom is 0.227 e. The van der Waals surface area contributed by atoms with Crippen LogP contribution in [0.2, 0.25) is 0 Å². The van der Waals surface area contributed by atoms with Crippen molar-refractivity contribution < 1.29 is 8.83 Å². The van der Waals surface area contributed by atoms with Crippen molar-refractivity contribution in [3.05, 3.63) is 170 Å². The predicted octanol–water partition coefficient (Wildman–Crippen LogP) is 15.3. The van der Waals surface area contributed by atoms with Crippen molar-refractivity contribution >= 4 is 113 Å². The first-order valence-electron chi connectivity index (χ1n) is 18.3. The monoisotopic (exact) mass is 740 g/mol. The topological polar surface area (TPSA) is 42.4 Å². The van der Waals surface area contributed by atoms with E-state index in [9.17, 15) is 0 Å². The molecule has 0 saturated heterocycles. The van der Waals surface area contributed by atoms with Gasteiger partial charge in [-0.25, -0.2) is 4.98 Å². The molecule has 0 spiro atoms. The quantitative estimate of drug-likeness (QED) is 0.176. The summed E-state index contributed by atoms with van der Waals surface area (Å²) in [6, 6.07) is 60.2. The molecule has 0 unspecified atom stereocenters. The minimum absolute atomic E-state index is 0.588. The molecule has 0 fully saturated rings. The van der Waals surface area contributed by atoms with Gasteiger partial charge < -0.3 is 13.7 Å². The van der Waals surface area contributed by atoms with Gasteiger partial charge in [0.15, 0.2) is 5.58 Å². The van der Waals surface area contributed by atoms with Crippen LogP contribution < -0.4 is 4.90 Å². The predicted molar refractivity (Wildman–Crippen MR) is 233 cm³/mol. The van der Waals surface area contributed by atoms with Crippen LogP contribution in [-0.2, 0) is 0 Å². The zero-order valence-corrected chi connectivity index (χ0v) is 30.8. The maximum atomic E-state index is 6.44. The van der Waals surface area contributed by atoms with Gasteiger partial charge in [0.25, 0.3) is 0 Å². The van der Waals surface area contributed by atoms with E-state index in [4.69, 9.17) is 13.8 Å². The second-order valence-corrected chi connectivity index (χ2v) is 16.1. The van der Waals surface area contributed by atoms with Crippen LogP contribution in [0.1, 0.15) is 0 Å². The number of hydrogen-bond donors (Lipinski definition) is 0. The number of furan rings is 1. The molecule has 4 heterocycles. The Hall–Kier alpha value is -6.73. The number of oxazole rings is 1. The van der Waals surface area contributed by atoms with Gasteiger partial charge in [0, 0.05) is 85.4 Å². The highest BCUT2D eigenvalue weighted by Gasteiger charge is 2.22. The number of fused-ring (bicyclic) bond motifs is 10. The standard InChI is InChI=1S/C49H28N2O2S2/c1-2-10-30(11-3-1)49-50-48-41(53-49)28-40-47(38-14-4-7-15-39(38)52-40)46(48)29-18-20-31(21-19-29)51(32-22-24-36-34-12-5-8-16-42(34)54-44(36)26-32)33-23-25-37-35-13-6-9-17-43(35)55-45(37)27-33/h1-28H. The molecule has 0 saturated carbocycles. The van der Waals surface area contributed by atoms with E-state index >= 15 is 0 Å². The van der Waals surface area contributed by atoms with Crippen LogP contribution in [0.15, 0.2) is 179 Å². The molecule has 0 aliphatic rings. The smallest absolute Gasteiger partial charge is 0.227 e. The summed E-state index contributed by atoms with van der Waals surface area (Å²) in [5.74, 6) is 0.588. The van der Waals surface area contributed by atoms with E-state index < -0.39 is 0 Å². The average molecular weight is 741 g/mol.